The predicted molar refractivity (Wildman–Crippen MR) is 74.2 cm³/mol. The van der Waals surface area contributed by atoms with Crippen molar-refractivity contribution in [3.8, 4) is 5.75 Å². The first-order chi connectivity index (χ1) is 9.24. The second-order valence-electron chi connectivity index (χ2n) is 4.97. The molecule has 1 fully saturated rings. The molecule has 0 aliphatic heterocycles. The normalized spacial score (nSPS) is 25.9. The second kappa shape index (κ2) is 6.89. The maximum Gasteiger partial charge on any atom is 0.128 e. The minimum atomic E-state index is 0.0195. The van der Waals surface area contributed by atoms with E-state index >= 15 is 0 Å². The van der Waals surface area contributed by atoms with Gasteiger partial charge in [-0.2, -0.15) is 0 Å². The summed E-state index contributed by atoms with van der Waals surface area (Å²) in [7, 11) is 1.69. The average molecular weight is 265 g/mol. The first-order valence-corrected chi connectivity index (χ1v) is 6.86. The van der Waals surface area contributed by atoms with Crippen LogP contribution < -0.4 is 10.5 Å². The average Bonchev–Trinajstić information content (AvgIpc) is 2.39. The van der Waals surface area contributed by atoms with Crippen molar-refractivity contribution in [1.29, 1.82) is 0 Å². The van der Waals surface area contributed by atoms with E-state index in [0.717, 1.165) is 30.8 Å². The van der Waals surface area contributed by atoms with Crippen LogP contribution >= 0.6 is 0 Å². The lowest BCUT2D eigenvalue weighted by atomic mass is 9.86. The molecule has 1 aliphatic carbocycles. The van der Waals surface area contributed by atoms with Crippen molar-refractivity contribution in [3.05, 3.63) is 29.8 Å². The number of nitrogens with two attached hydrogens (primary N) is 1. The molecule has 0 aromatic heterocycles. The number of rotatable bonds is 7. The van der Waals surface area contributed by atoms with Gasteiger partial charge in [0.1, 0.15) is 18.0 Å². The van der Waals surface area contributed by atoms with Gasteiger partial charge in [0, 0.05) is 26.2 Å². The van der Waals surface area contributed by atoms with E-state index in [2.05, 4.69) is 6.92 Å². The highest BCUT2D eigenvalue weighted by Gasteiger charge is 2.41. The number of methoxy groups -OCH3 is 1. The molecule has 1 saturated carbocycles. The van der Waals surface area contributed by atoms with Crippen LogP contribution in [0.25, 0.3) is 0 Å². The molecule has 0 radical (unpaired) electrons. The first kappa shape index (κ1) is 14.3. The Morgan fingerprint density at radius 2 is 2.21 bits per heavy atom. The number of hydrogen-bond donors (Lipinski definition) is 1. The quantitative estimate of drug-likeness (QED) is 0.820. The summed E-state index contributed by atoms with van der Waals surface area (Å²) < 4.78 is 16.8. The molecule has 0 spiro atoms. The molecule has 1 aromatic carbocycles. The minimum Gasteiger partial charge on any atom is -0.488 e. The molecule has 2 N–H and O–H groups in total. The lowest BCUT2D eigenvalue weighted by Crippen LogP contribution is -2.59. The zero-order valence-electron chi connectivity index (χ0n) is 11.7. The van der Waals surface area contributed by atoms with Crippen molar-refractivity contribution in [2.45, 2.75) is 44.6 Å². The highest BCUT2D eigenvalue weighted by Crippen LogP contribution is 2.28. The molecule has 2 rings (SSSR count). The Hall–Kier alpha value is -1.10. The maximum atomic E-state index is 5.96. The number of ether oxygens (including phenoxy) is 3. The second-order valence-corrected chi connectivity index (χ2v) is 4.97. The standard InChI is InChI=1S/C15H23NO3/c1-3-7-18-15-13(16)9-14(15)19-12-6-4-5-11(8-12)10-17-2/h4-6,8,13-15H,3,7,9-10,16H2,1-2H3. The third-order valence-corrected chi connectivity index (χ3v) is 3.30. The van der Waals surface area contributed by atoms with Crippen molar-refractivity contribution >= 4 is 0 Å². The fourth-order valence-corrected chi connectivity index (χ4v) is 2.27. The van der Waals surface area contributed by atoms with Crippen LogP contribution in [0.3, 0.4) is 0 Å². The monoisotopic (exact) mass is 265 g/mol. The van der Waals surface area contributed by atoms with Crippen LogP contribution in [0, 0.1) is 0 Å². The maximum absolute atomic E-state index is 5.96. The highest BCUT2D eigenvalue weighted by molar-refractivity contribution is 5.28. The van der Waals surface area contributed by atoms with Gasteiger partial charge in [-0.1, -0.05) is 19.1 Å². The van der Waals surface area contributed by atoms with Crippen LogP contribution in [0.5, 0.6) is 5.75 Å². The number of hydrogen-bond acceptors (Lipinski definition) is 4. The van der Waals surface area contributed by atoms with Gasteiger partial charge in [0.15, 0.2) is 0 Å². The van der Waals surface area contributed by atoms with Gasteiger partial charge < -0.3 is 19.9 Å². The Labute approximate surface area is 114 Å². The Morgan fingerprint density at radius 1 is 1.37 bits per heavy atom. The van der Waals surface area contributed by atoms with E-state index in [4.69, 9.17) is 19.9 Å². The van der Waals surface area contributed by atoms with Crippen LogP contribution in [-0.2, 0) is 16.1 Å². The summed E-state index contributed by atoms with van der Waals surface area (Å²) in [4.78, 5) is 0. The van der Waals surface area contributed by atoms with Crippen molar-refractivity contribution in [3.63, 3.8) is 0 Å². The molecular weight excluding hydrogens is 242 g/mol. The van der Waals surface area contributed by atoms with Crippen molar-refractivity contribution in [1.82, 2.24) is 0 Å². The Bertz CT molecular complexity index is 397. The summed E-state index contributed by atoms with van der Waals surface area (Å²) in [5, 5.41) is 0. The summed E-state index contributed by atoms with van der Waals surface area (Å²) in [5.41, 5.74) is 7.07. The van der Waals surface area contributed by atoms with E-state index in [-0.39, 0.29) is 18.2 Å². The summed E-state index contributed by atoms with van der Waals surface area (Å²) in [6.45, 7) is 3.42. The van der Waals surface area contributed by atoms with Crippen LogP contribution in [0.4, 0.5) is 0 Å². The fraction of sp³-hybridized carbons (Fsp3) is 0.600. The molecule has 3 atom stereocenters. The van der Waals surface area contributed by atoms with Gasteiger partial charge in [0.2, 0.25) is 0 Å². The van der Waals surface area contributed by atoms with Crippen LogP contribution in [0.2, 0.25) is 0 Å². The van der Waals surface area contributed by atoms with Gasteiger partial charge >= 0.3 is 0 Å². The Kier molecular flexibility index (Phi) is 5.19. The zero-order valence-corrected chi connectivity index (χ0v) is 11.7. The molecule has 1 aliphatic rings. The van der Waals surface area contributed by atoms with E-state index in [0.29, 0.717) is 6.61 Å². The predicted octanol–water partition coefficient (Wildman–Crippen LogP) is 2.11. The molecule has 1 aromatic rings. The molecule has 19 heavy (non-hydrogen) atoms. The van der Waals surface area contributed by atoms with Crippen molar-refractivity contribution in [2.24, 2.45) is 5.73 Å². The van der Waals surface area contributed by atoms with E-state index in [1.165, 1.54) is 0 Å². The topological polar surface area (TPSA) is 53.7 Å². The Balaban J connectivity index is 1.91. The molecular formula is C15H23NO3. The fourth-order valence-electron chi connectivity index (χ4n) is 2.27. The van der Waals surface area contributed by atoms with Gasteiger partial charge in [0.05, 0.1) is 6.61 Å². The van der Waals surface area contributed by atoms with Gasteiger partial charge in [-0.25, -0.2) is 0 Å². The van der Waals surface area contributed by atoms with Crippen molar-refractivity contribution in [2.75, 3.05) is 13.7 Å². The summed E-state index contributed by atoms with van der Waals surface area (Å²) in [6.07, 6.45) is 1.94. The van der Waals surface area contributed by atoms with E-state index in [9.17, 15) is 0 Å². The molecule has 4 nitrogen and oxygen atoms in total. The van der Waals surface area contributed by atoms with Crippen LogP contribution in [0.1, 0.15) is 25.3 Å². The first-order valence-electron chi connectivity index (χ1n) is 6.86. The molecule has 0 bridgehead atoms. The van der Waals surface area contributed by atoms with Crippen LogP contribution in [-0.4, -0.2) is 32.0 Å². The molecule has 0 amide bonds. The van der Waals surface area contributed by atoms with E-state index in [1.807, 2.05) is 24.3 Å². The van der Waals surface area contributed by atoms with Gasteiger partial charge in [-0.05, 0) is 24.1 Å². The SMILES string of the molecule is CCCOC1C(N)CC1Oc1cccc(COC)c1. The molecule has 0 heterocycles. The number of benzene rings is 1. The molecule has 106 valence electrons. The minimum absolute atomic E-state index is 0.0195. The summed E-state index contributed by atoms with van der Waals surface area (Å²) >= 11 is 0. The smallest absolute Gasteiger partial charge is 0.128 e. The molecule has 4 heteroatoms. The van der Waals surface area contributed by atoms with Gasteiger partial charge in [-0.3, -0.25) is 0 Å². The lowest BCUT2D eigenvalue weighted by molar-refractivity contribution is -0.0980. The lowest BCUT2D eigenvalue weighted by Gasteiger charge is -2.41. The summed E-state index contributed by atoms with van der Waals surface area (Å²) in [5.74, 6) is 0.858. The van der Waals surface area contributed by atoms with E-state index < -0.39 is 0 Å². The third-order valence-electron chi connectivity index (χ3n) is 3.30. The molecule has 0 saturated heterocycles. The van der Waals surface area contributed by atoms with Crippen LogP contribution in [0.15, 0.2) is 24.3 Å². The zero-order chi connectivity index (χ0) is 13.7. The summed E-state index contributed by atoms with van der Waals surface area (Å²) in [6, 6.07) is 8.06. The van der Waals surface area contributed by atoms with Gasteiger partial charge in [-0.15, -0.1) is 0 Å². The highest BCUT2D eigenvalue weighted by atomic mass is 16.5. The van der Waals surface area contributed by atoms with Gasteiger partial charge in [0.25, 0.3) is 0 Å². The largest absolute Gasteiger partial charge is 0.488 e. The molecule has 3 unspecified atom stereocenters. The third kappa shape index (κ3) is 3.69. The van der Waals surface area contributed by atoms with E-state index in [1.54, 1.807) is 7.11 Å². The van der Waals surface area contributed by atoms with Crippen molar-refractivity contribution < 1.29 is 14.2 Å². The Morgan fingerprint density at radius 3 is 2.89 bits per heavy atom.